The fourth-order valence-corrected chi connectivity index (χ4v) is 3.72. The van der Waals surface area contributed by atoms with Gasteiger partial charge in [-0.3, -0.25) is 0 Å². The van der Waals surface area contributed by atoms with Crippen LogP contribution < -0.4 is 5.32 Å². The van der Waals surface area contributed by atoms with Gasteiger partial charge in [-0.1, -0.05) is 20.3 Å². The van der Waals surface area contributed by atoms with E-state index in [-0.39, 0.29) is 0 Å². The summed E-state index contributed by atoms with van der Waals surface area (Å²) in [4.78, 5) is 1.29. The van der Waals surface area contributed by atoms with E-state index in [4.69, 9.17) is 0 Å². The van der Waals surface area contributed by atoms with Crippen LogP contribution in [0.25, 0.3) is 10.7 Å². The van der Waals surface area contributed by atoms with E-state index in [1.807, 2.05) is 0 Å². The van der Waals surface area contributed by atoms with Gasteiger partial charge in [0.25, 0.3) is 0 Å². The highest BCUT2D eigenvalue weighted by Crippen LogP contribution is 2.31. The maximum atomic E-state index is 4.46. The van der Waals surface area contributed by atoms with Crippen molar-refractivity contribution in [1.29, 1.82) is 0 Å². The van der Waals surface area contributed by atoms with Crippen LogP contribution in [0.2, 0.25) is 0 Å². The third-order valence-corrected chi connectivity index (χ3v) is 4.68. The molecular weight excluding hydrogens is 256 g/mol. The Morgan fingerprint density at radius 1 is 1.42 bits per heavy atom. The van der Waals surface area contributed by atoms with E-state index in [1.54, 1.807) is 11.3 Å². The summed E-state index contributed by atoms with van der Waals surface area (Å²) in [6.45, 7) is 6.39. The van der Waals surface area contributed by atoms with Gasteiger partial charge >= 0.3 is 0 Å². The topological polar surface area (TPSA) is 42.7 Å². The number of fused-ring (bicyclic) bond motifs is 1. The van der Waals surface area contributed by atoms with E-state index in [0.29, 0.717) is 6.04 Å². The van der Waals surface area contributed by atoms with Crippen molar-refractivity contribution in [2.45, 2.75) is 45.7 Å². The first-order valence-electron chi connectivity index (χ1n) is 7.08. The number of aromatic nitrogens is 3. The minimum atomic E-state index is 0.366. The highest BCUT2D eigenvalue weighted by atomic mass is 32.1. The highest BCUT2D eigenvalue weighted by Gasteiger charge is 2.25. The number of aryl methyl sites for hydroxylation is 1. The molecule has 19 heavy (non-hydrogen) atoms. The maximum Gasteiger partial charge on any atom is 0.174 e. The molecule has 0 saturated heterocycles. The summed E-state index contributed by atoms with van der Waals surface area (Å²) in [6.07, 6.45) is 3.35. The van der Waals surface area contributed by atoms with Crippen molar-refractivity contribution < 1.29 is 0 Å². The molecule has 2 aromatic rings. The summed E-state index contributed by atoms with van der Waals surface area (Å²) in [5.74, 6) is 2.17. The quantitative estimate of drug-likeness (QED) is 0.933. The average Bonchev–Trinajstić information content (AvgIpc) is 3.04. The first kappa shape index (κ1) is 12.8. The van der Waals surface area contributed by atoms with Gasteiger partial charge < -0.3 is 9.88 Å². The molecule has 0 bridgehead atoms. The molecule has 1 aliphatic heterocycles. The Bertz CT molecular complexity index is 558. The summed E-state index contributed by atoms with van der Waals surface area (Å²) < 4.78 is 2.31. The van der Waals surface area contributed by atoms with Crippen LogP contribution in [-0.4, -0.2) is 21.3 Å². The van der Waals surface area contributed by atoms with E-state index in [9.17, 15) is 0 Å². The minimum Gasteiger partial charge on any atom is -0.308 e. The van der Waals surface area contributed by atoms with Gasteiger partial charge in [-0.25, -0.2) is 0 Å². The molecule has 0 fully saturated rings. The van der Waals surface area contributed by atoms with E-state index in [1.165, 1.54) is 16.9 Å². The zero-order valence-electron chi connectivity index (χ0n) is 11.5. The van der Waals surface area contributed by atoms with Gasteiger partial charge in [-0.05, 0) is 29.9 Å². The molecule has 0 aromatic carbocycles. The Hall–Kier alpha value is -1.20. The highest BCUT2D eigenvalue weighted by molar-refractivity contribution is 7.13. The molecule has 2 aromatic heterocycles. The summed E-state index contributed by atoms with van der Waals surface area (Å²) in [6, 6.07) is 2.57. The smallest absolute Gasteiger partial charge is 0.174 e. The number of rotatable bonds is 4. The van der Waals surface area contributed by atoms with Crippen LogP contribution in [0.15, 0.2) is 11.4 Å². The zero-order chi connectivity index (χ0) is 13.2. The van der Waals surface area contributed by atoms with Crippen LogP contribution in [-0.2, 0) is 13.0 Å². The predicted molar refractivity (Wildman–Crippen MR) is 78.4 cm³/mol. The Kier molecular flexibility index (Phi) is 3.66. The van der Waals surface area contributed by atoms with Crippen LogP contribution in [0.1, 0.15) is 44.1 Å². The average molecular weight is 276 g/mol. The maximum absolute atomic E-state index is 4.46. The first-order chi connectivity index (χ1) is 9.35. The summed E-state index contributed by atoms with van der Waals surface area (Å²) in [5.41, 5.74) is 1.38. The van der Waals surface area contributed by atoms with Gasteiger partial charge in [-0.15, -0.1) is 21.5 Å². The van der Waals surface area contributed by atoms with Gasteiger partial charge in [0.1, 0.15) is 0 Å². The largest absolute Gasteiger partial charge is 0.308 e. The molecule has 0 aliphatic carbocycles. The zero-order valence-corrected chi connectivity index (χ0v) is 12.3. The third-order valence-electron chi connectivity index (χ3n) is 3.73. The summed E-state index contributed by atoms with van der Waals surface area (Å²) in [5, 5.41) is 14.6. The molecule has 4 nitrogen and oxygen atoms in total. The van der Waals surface area contributed by atoms with E-state index >= 15 is 0 Å². The number of thiophene rings is 1. The number of hydrogen-bond acceptors (Lipinski definition) is 4. The second-order valence-electron chi connectivity index (χ2n) is 4.96. The fraction of sp³-hybridized carbons (Fsp3) is 0.571. The van der Waals surface area contributed by atoms with Crippen LogP contribution in [0.3, 0.4) is 0 Å². The molecule has 1 unspecified atom stereocenters. The number of hydrogen-bond donors (Lipinski definition) is 1. The predicted octanol–water partition coefficient (Wildman–Crippen LogP) is 3.01. The lowest BCUT2D eigenvalue weighted by molar-refractivity contribution is 0.394. The first-order valence-corrected chi connectivity index (χ1v) is 7.96. The molecule has 1 N–H and O–H groups in total. The molecule has 0 amide bonds. The lowest BCUT2D eigenvalue weighted by Gasteiger charge is -2.24. The van der Waals surface area contributed by atoms with Crippen molar-refractivity contribution >= 4 is 11.3 Å². The van der Waals surface area contributed by atoms with Gasteiger partial charge in [0.2, 0.25) is 0 Å². The number of nitrogens with zero attached hydrogens (tertiary/aromatic N) is 3. The molecule has 102 valence electrons. The van der Waals surface area contributed by atoms with Crippen molar-refractivity contribution in [1.82, 2.24) is 20.1 Å². The molecular formula is C14H20N4S. The normalized spacial score (nSPS) is 18.5. The van der Waals surface area contributed by atoms with E-state index in [2.05, 4.69) is 45.4 Å². The Morgan fingerprint density at radius 3 is 3.11 bits per heavy atom. The minimum absolute atomic E-state index is 0.366. The Balaban J connectivity index is 2.01. The van der Waals surface area contributed by atoms with E-state index < -0.39 is 0 Å². The lowest BCUT2D eigenvalue weighted by Crippen LogP contribution is -2.33. The second-order valence-corrected chi connectivity index (χ2v) is 5.87. The molecule has 1 atom stereocenters. The van der Waals surface area contributed by atoms with Gasteiger partial charge in [0.05, 0.1) is 10.9 Å². The lowest BCUT2D eigenvalue weighted by atomic mass is 10.1. The Morgan fingerprint density at radius 2 is 2.32 bits per heavy atom. The van der Waals surface area contributed by atoms with Crippen LogP contribution in [0.5, 0.6) is 0 Å². The van der Waals surface area contributed by atoms with Crippen molar-refractivity contribution in [2.75, 3.05) is 6.54 Å². The van der Waals surface area contributed by atoms with Crippen LogP contribution in [0.4, 0.5) is 0 Å². The van der Waals surface area contributed by atoms with Crippen molar-refractivity contribution in [3.63, 3.8) is 0 Å². The van der Waals surface area contributed by atoms with Crippen molar-refractivity contribution in [2.24, 2.45) is 0 Å². The SMILES string of the molecule is CCCC1NCCn2c(-c3sccc3CC)nnc21. The molecule has 5 heteroatoms. The standard InChI is InChI=1S/C14H20N4S/c1-3-5-11-13-16-17-14(18(13)8-7-15-11)12-10(4-2)6-9-19-12/h6,9,11,15H,3-5,7-8H2,1-2H3. The Labute approximate surface area is 117 Å². The van der Waals surface area contributed by atoms with Gasteiger partial charge in [0, 0.05) is 13.1 Å². The van der Waals surface area contributed by atoms with Crippen molar-refractivity contribution in [3.05, 3.63) is 22.8 Å². The number of nitrogens with one attached hydrogen (secondary N) is 1. The molecule has 0 radical (unpaired) electrons. The fourth-order valence-electron chi connectivity index (χ4n) is 2.73. The van der Waals surface area contributed by atoms with Gasteiger partial charge in [-0.2, -0.15) is 0 Å². The van der Waals surface area contributed by atoms with Gasteiger partial charge in [0.15, 0.2) is 11.6 Å². The van der Waals surface area contributed by atoms with E-state index in [0.717, 1.165) is 37.6 Å². The summed E-state index contributed by atoms with van der Waals surface area (Å²) in [7, 11) is 0. The summed E-state index contributed by atoms with van der Waals surface area (Å²) >= 11 is 1.78. The molecule has 1 aliphatic rings. The molecule has 0 saturated carbocycles. The molecule has 0 spiro atoms. The second kappa shape index (κ2) is 5.43. The monoisotopic (exact) mass is 276 g/mol. The van der Waals surface area contributed by atoms with Crippen LogP contribution >= 0.6 is 11.3 Å². The third kappa shape index (κ3) is 2.21. The molecule has 3 rings (SSSR count). The molecule has 3 heterocycles. The van der Waals surface area contributed by atoms with Crippen molar-refractivity contribution in [3.8, 4) is 10.7 Å². The van der Waals surface area contributed by atoms with Crippen LogP contribution in [0, 0.1) is 0 Å².